The van der Waals surface area contributed by atoms with Crippen LogP contribution in [-0.2, 0) is 10.8 Å². The van der Waals surface area contributed by atoms with Gasteiger partial charge in [-0.3, -0.25) is 4.21 Å². The lowest BCUT2D eigenvalue weighted by Crippen LogP contribution is -2.33. The molecule has 1 aromatic carbocycles. The van der Waals surface area contributed by atoms with Crippen LogP contribution in [0.25, 0.3) is 0 Å². The smallest absolute Gasteiger partial charge is 0.0561 e. The highest BCUT2D eigenvalue weighted by molar-refractivity contribution is 7.85. The zero-order valence-corrected chi connectivity index (χ0v) is 12.1. The minimum atomic E-state index is -0.892. The van der Waals surface area contributed by atoms with Crippen LogP contribution in [-0.4, -0.2) is 15.5 Å². The molecule has 3 heteroatoms. The first-order chi connectivity index (χ1) is 8.58. The van der Waals surface area contributed by atoms with Crippen molar-refractivity contribution in [2.75, 3.05) is 0 Å². The predicted molar refractivity (Wildman–Crippen MR) is 77.2 cm³/mol. The second-order valence-electron chi connectivity index (χ2n) is 5.57. The van der Waals surface area contributed by atoms with Crippen molar-refractivity contribution in [3.63, 3.8) is 0 Å². The first kappa shape index (κ1) is 13.8. The second-order valence-corrected chi connectivity index (χ2v) is 7.30. The van der Waals surface area contributed by atoms with Crippen molar-refractivity contribution in [3.05, 3.63) is 29.8 Å². The summed E-state index contributed by atoms with van der Waals surface area (Å²) in [6, 6.07) is 8.47. The summed E-state index contributed by atoms with van der Waals surface area (Å²) < 4.78 is 12.5. The Morgan fingerprint density at radius 3 is 2.44 bits per heavy atom. The molecule has 0 aliphatic heterocycles. The molecule has 0 spiro atoms. The van der Waals surface area contributed by atoms with E-state index in [1.165, 1.54) is 5.56 Å². The Bertz CT molecular complexity index is 413. The normalized spacial score (nSPS) is 26.2. The van der Waals surface area contributed by atoms with E-state index in [9.17, 15) is 4.21 Å². The van der Waals surface area contributed by atoms with E-state index in [-0.39, 0.29) is 11.3 Å². The van der Waals surface area contributed by atoms with E-state index in [1.54, 1.807) is 0 Å². The molecule has 1 aliphatic carbocycles. The predicted octanol–water partition coefficient (Wildman–Crippen LogP) is 3.19. The van der Waals surface area contributed by atoms with Crippen LogP contribution in [0.4, 0.5) is 0 Å². The van der Waals surface area contributed by atoms with Gasteiger partial charge in [0.1, 0.15) is 0 Å². The highest BCUT2D eigenvalue weighted by Crippen LogP contribution is 2.26. The fourth-order valence-corrected chi connectivity index (χ4v) is 4.15. The lowest BCUT2D eigenvalue weighted by Gasteiger charge is -2.26. The van der Waals surface area contributed by atoms with Crippen LogP contribution in [0.3, 0.4) is 0 Å². The second kappa shape index (κ2) is 5.98. The van der Waals surface area contributed by atoms with Crippen molar-refractivity contribution in [2.45, 2.75) is 61.6 Å². The highest BCUT2D eigenvalue weighted by atomic mass is 32.2. The minimum Gasteiger partial charge on any atom is -0.328 e. The molecule has 0 radical (unpaired) electrons. The SMILES string of the molecule is CC(C)c1ccc(S(=O)C2CCCC(N)C2)cc1. The summed E-state index contributed by atoms with van der Waals surface area (Å²) in [4.78, 5) is 0.957. The Morgan fingerprint density at radius 2 is 1.89 bits per heavy atom. The number of benzene rings is 1. The first-order valence-electron chi connectivity index (χ1n) is 6.84. The molecule has 0 aromatic heterocycles. The molecule has 0 heterocycles. The summed E-state index contributed by atoms with van der Waals surface area (Å²) in [5.74, 6) is 0.524. The van der Waals surface area contributed by atoms with Gasteiger partial charge in [-0.2, -0.15) is 0 Å². The van der Waals surface area contributed by atoms with Crippen LogP contribution in [0, 0.1) is 0 Å². The van der Waals surface area contributed by atoms with Crippen molar-refractivity contribution in [1.82, 2.24) is 0 Å². The van der Waals surface area contributed by atoms with Gasteiger partial charge >= 0.3 is 0 Å². The lowest BCUT2D eigenvalue weighted by molar-refractivity contribution is 0.444. The summed E-state index contributed by atoms with van der Waals surface area (Å²) in [7, 11) is -0.892. The van der Waals surface area contributed by atoms with Crippen molar-refractivity contribution in [3.8, 4) is 0 Å². The molecule has 1 aliphatic rings. The summed E-state index contributed by atoms with van der Waals surface area (Å²) in [5, 5.41) is 0.249. The van der Waals surface area contributed by atoms with Crippen LogP contribution in [0.1, 0.15) is 51.0 Å². The number of nitrogens with two attached hydrogens (primary N) is 1. The van der Waals surface area contributed by atoms with Gasteiger partial charge in [-0.15, -0.1) is 0 Å². The van der Waals surface area contributed by atoms with Gasteiger partial charge in [0.15, 0.2) is 0 Å². The molecule has 3 unspecified atom stereocenters. The molecule has 1 aromatic rings. The Morgan fingerprint density at radius 1 is 1.22 bits per heavy atom. The van der Waals surface area contributed by atoms with E-state index in [2.05, 4.69) is 26.0 Å². The van der Waals surface area contributed by atoms with Gasteiger partial charge < -0.3 is 5.73 Å². The average Bonchev–Trinajstić information content (AvgIpc) is 2.38. The summed E-state index contributed by atoms with van der Waals surface area (Å²) >= 11 is 0. The highest BCUT2D eigenvalue weighted by Gasteiger charge is 2.25. The van der Waals surface area contributed by atoms with E-state index in [1.807, 2.05) is 12.1 Å². The van der Waals surface area contributed by atoms with E-state index in [4.69, 9.17) is 5.73 Å². The Hall–Kier alpha value is -0.670. The molecular formula is C15H23NOS. The van der Waals surface area contributed by atoms with Crippen molar-refractivity contribution < 1.29 is 4.21 Å². The molecule has 1 saturated carbocycles. The summed E-state index contributed by atoms with van der Waals surface area (Å²) in [6.45, 7) is 4.35. The van der Waals surface area contributed by atoms with E-state index in [0.717, 1.165) is 30.6 Å². The fourth-order valence-electron chi connectivity index (χ4n) is 2.55. The van der Waals surface area contributed by atoms with Crippen LogP contribution >= 0.6 is 0 Å². The number of rotatable bonds is 3. The monoisotopic (exact) mass is 265 g/mol. The summed E-state index contributed by atoms with van der Waals surface area (Å²) in [6.07, 6.45) is 4.15. The third-order valence-corrected chi connectivity index (χ3v) is 5.52. The van der Waals surface area contributed by atoms with Crippen LogP contribution in [0.2, 0.25) is 0 Å². The van der Waals surface area contributed by atoms with Crippen molar-refractivity contribution >= 4 is 10.8 Å². The third kappa shape index (κ3) is 3.21. The van der Waals surface area contributed by atoms with Gasteiger partial charge in [0.2, 0.25) is 0 Å². The van der Waals surface area contributed by atoms with Crippen LogP contribution in [0.15, 0.2) is 29.2 Å². The van der Waals surface area contributed by atoms with Gasteiger partial charge in [0, 0.05) is 16.2 Å². The van der Waals surface area contributed by atoms with Gasteiger partial charge in [-0.1, -0.05) is 32.4 Å². The van der Waals surface area contributed by atoms with Crippen molar-refractivity contribution in [1.29, 1.82) is 0 Å². The molecule has 1 fully saturated rings. The van der Waals surface area contributed by atoms with Gasteiger partial charge in [0.25, 0.3) is 0 Å². The number of hydrogen-bond donors (Lipinski definition) is 1. The molecule has 18 heavy (non-hydrogen) atoms. The standard InChI is InChI=1S/C15H23NOS/c1-11(2)12-6-8-14(9-7-12)18(17)15-5-3-4-13(16)10-15/h6-9,11,13,15H,3-5,10,16H2,1-2H3. The van der Waals surface area contributed by atoms with E-state index < -0.39 is 10.8 Å². The largest absolute Gasteiger partial charge is 0.328 e. The molecule has 0 saturated heterocycles. The molecule has 2 rings (SSSR count). The van der Waals surface area contributed by atoms with E-state index >= 15 is 0 Å². The first-order valence-corrected chi connectivity index (χ1v) is 8.05. The molecule has 100 valence electrons. The molecule has 0 bridgehead atoms. The molecule has 2 N–H and O–H groups in total. The van der Waals surface area contributed by atoms with Gasteiger partial charge in [-0.05, 0) is 42.9 Å². The Kier molecular flexibility index (Phi) is 4.57. The molecular weight excluding hydrogens is 242 g/mol. The zero-order chi connectivity index (χ0) is 13.1. The van der Waals surface area contributed by atoms with E-state index in [0.29, 0.717) is 5.92 Å². The minimum absolute atomic E-state index is 0.239. The van der Waals surface area contributed by atoms with Crippen molar-refractivity contribution in [2.24, 2.45) is 5.73 Å². The average molecular weight is 265 g/mol. The maximum atomic E-state index is 12.5. The fraction of sp³-hybridized carbons (Fsp3) is 0.600. The third-order valence-electron chi connectivity index (χ3n) is 3.75. The summed E-state index contributed by atoms with van der Waals surface area (Å²) in [5.41, 5.74) is 7.27. The lowest BCUT2D eigenvalue weighted by atomic mass is 9.96. The molecule has 3 atom stereocenters. The molecule has 0 amide bonds. The quantitative estimate of drug-likeness (QED) is 0.912. The number of hydrogen-bond acceptors (Lipinski definition) is 2. The Balaban J connectivity index is 2.08. The maximum Gasteiger partial charge on any atom is 0.0561 e. The van der Waals surface area contributed by atoms with Gasteiger partial charge in [-0.25, -0.2) is 0 Å². The Labute approximate surface area is 112 Å². The van der Waals surface area contributed by atoms with Crippen LogP contribution in [0.5, 0.6) is 0 Å². The zero-order valence-electron chi connectivity index (χ0n) is 11.3. The topological polar surface area (TPSA) is 43.1 Å². The van der Waals surface area contributed by atoms with Crippen LogP contribution < -0.4 is 5.73 Å². The molecule has 2 nitrogen and oxygen atoms in total. The van der Waals surface area contributed by atoms with Gasteiger partial charge in [0.05, 0.1) is 10.8 Å². The maximum absolute atomic E-state index is 12.5.